The van der Waals surface area contributed by atoms with E-state index in [2.05, 4.69) is 10.2 Å². The third-order valence-electron chi connectivity index (χ3n) is 6.92. The number of anilines is 2. The molecule has 2 aromatic carbocycles. The number of nitrogens with one attached hydrogen (secondary N) is 1. The zero-order chi connectivity index (χ0) is 28.3. The van der Waals surface area contributed by atoms with Crippen LogP contribution in [0.15, 0.2) is 36.4 Å². The van der Waals surface area contributed by atoms with Crippen molar-refractivity contribution in [3.8, 4) is 0 Å². The maximum atomic E-state index is 13.3. The van der Waals surface area contributed by atoms with E-state index in [9.17, 15) is 32.9 Å². The fourth-order valence-electron chi connectivity index (χ4n) is 4.77. The first-order valence-corrected chi connectivity index (χ1v) is 13.1. The number of benzene rings is 2. The molecular weight excluding hydrogens is 562 g/mol. The average Bonchev–Trinajstić information content (AvgIpc) is 2.90. The molecule has 2 saturated heterocycles. The normalized spacial score (nSPS) is 16.8. The second kappa shape index (κ2) is 11.9. The minimum absolute atomic E-state index is 0.118. The predicted octanol–water partition coefficient (Wildman–Crippen LogP) is 5.06. The van der Waals surface area contributed by atoms with Crippen molar-refractivity contribution in [2.75, 3.05) is 49.5 Å². The number of piperidine rings is 1. The van der Waals surface area contributed by atoms with Crippen molar-refractivity contribution in [2.24, 2.45) is 0 Å². The number of amides is 2. The Kier molecular flexibility index (Phi) is 8.75. The quantitative estimate of drug-likeness (QED) is 0.288. The molecule has 2 heterocycles. The van der Waals surface area contributed by atoms with Gasteiger partial charge >= 0.3 is 6.18 Å². The molecule has 2 aliphatic heterocycles. The van der Waals surface area contributed by atoms with Gasteiger partial charge in [-0.25, -0.2) is 0 Å². The van der Waals surface area contributed by atoms with Gasteiger partial charge in [0.2, 0.25) is 11.8 Å². The average molecular weight is 588 g/mol. The van der Waals surface area contributed by atoms with Crippen molar-refractivity contribution in [1.29, 1.82) is 0 Å². The highest BCUT2D eigenvalue weighted by Gasteiger charge is 2.38. The highest BCUT2D eigenvalue weighted by Crippen LogP contribution is 2.38. The number of carbonyl (C=O) groups is 2. The van der Waals surface area contributed by atoms with Gasteiger partial charge < -0.3 is 20.0 Å². The largest absolute Gasteiger partial charge is 0.423 e. The first-order valence-electron chi connectivity index (χ1n) is 12.3. The fraction of sp³-hybridized carbons (Fsp3) is 0.440. The fourth-order valence-corrected chi connectivity index (χ4v) is 5.06. The van der Waals surface area contributed by atoms with Gasteiger partial charge in [-0.15, -0.1) is 0 Å². The molecule has 4 rings (SSSR count). The summed E-state index contributed by atoms with van der Waals surface area (Å²) in [5.41, 5.74) is -1.30. The number of carbonyl (C=O) groups excluding carboxylic acids is 2. The minimum Gasteiger partial charge on any atom is -0.382 e. The Morgan fingerprint density at radius 3 is 2.10 bits per heavy atom. The van der Waals surface area contributed by atoms with E-state index in [4.69, 9.17) is 23.2 Å². The minimum atomic E-state index is -4.86. The molecule has 2 aliphatic rings. The van der Waals surface area contributed by atoms with Crippen molar-refractivity contribution in [3.05, 3.63) is 62.1 Å². The molecular formula is C25H26Cl2F3N5O4. The lowest BCUT2D eigenvalue weighted by Gasteiger charge is -2.37. The lowest BCUT2D eigenvalue weighted by Crippen LogP contribution is -2.50. The van der Waals surface area contributed by atoms with Crippen molar-refractivity contribution >= 4 is 52.1 Å². The van der Waals surface area contributed by atoms with Gasteiger partial charge in [-0.3, -0.25) is 19.7 Å². The highest BCUT2D eigenvalue weighted by atomic mass is 35.5. The second-order valence-corrected chi connectivity index (χ2v) is 10.2. The summed E-state index contributed by atoms with van der Waals surface area (Å²) in [6.45, 7) is 2.80. The van der Waals surface area contributed by atoms with E-state index in [1.165, 1.54) is 6.07 Å². The van der Waals surface area contributed by atoms with Crippen molar-refractivity contribution in [1.82, 2.24) is 9.80 Å². The van der Waals surface area contributed by atoms with Gasteiger partial charge in [0.1, 0.15) is 12.0 Å². The maximum Gasteiger partial charge on any atom is 0.423 e. The smallest absolute Gasteiger partial charge is 0.382 e. The van der Waals surface area contributed by atoms with Crippen molar-refractivity contribution in [2.45, 2.75) is 31.5 Å². The number of rotatable bonds is 6. The molecule has 0 aromatic heterocycles. The summed E-state index contributed by atoms with van der Waals surface area (Å²) >= 11 is 12.1. The zero-order valence-corrected chi connectivity index (χ0v) is 22.2. The van der Waals surface area contributed by atoms with Crippen LogP contribution in [-0.4, -0.2) is 71.8 Å². The van der Waals surface area contributed by atoms with E-state index in [0.29, 0.717) is 62.2 Å². The molecule has 0 atom stereocenters. The van der Waals surface area contributed by atoms with E-state index < -0.39 is 22.4 Å². The Morgan fingerprint density at radius 1 is 0.923 bits per heavy atom. The molecule has 0 spiro atoms. The van der Waals surface area contributed by atoms with Crippen LogP contribution in [0.3, 0.4) is 0 Å². The number of halogens is 5. The van der Waals surface area contributed by atoms with Gasteiger partial charge in [0.05, 0.1) is 15.0 Å². The third kappa shape index (κ3) is 7.04. The molecule has 2 amide bonds. The van der Waals surface area contributed by atoms with Crippen LogP contribution in [0, 0.1) is 10.1 Å². The number of nitro groups is 1. The number of nitrogens with zero attached hydrogens (tertiary/aromatic N) is 4. The van der Waals surface area contributed by atoms with E-state index >= 15 is 0 Å². The van der Waals surface area contributed by atoms with Gasteiger partial charge in [-0.2, -0.15) is 13.2 Å². The Labute approximate surface area is 232 Å². The van der Waals surface area contributed by atoms with E-state index in [1.54, 1.807) is 21.9 Å². The molecule has 210 valence electrons. The van der Waals surface area contributed by atoms with Crippen LogP contribution in [-0.2, 0) is 15.8 Å². The Hall–Kier alpha value is -3.25. The Bertz CT molecular complexity index is 1250. The van der Waals surface area contributed by atoms with E-state index in [0.717, 1.165) is 17.8 Å². The monoisotopic (exact) mass is 587 g/mol. The molecule has 0 saturated carbocycles. The first kappa shape index (κ1) is 28.8. The first-order chi connectivity index (χ1) is 18.4. The summed E-state index contributed by atoms with van der Waals surface area (Å²) < 4.78 is 39.8. The number of nitro benzene ring substituents is 1. The lowest BCUT2D eigenvalue weighted by atomic mass is 10.0. The molecule has 14 heteroatoms. The summed E-state index contributed by atoms with van der Waals surface area (Å²) in [4.78, 5) is 40.7. The van der Waals surface area contributed by atoms with Gasteiger partial charge in [0.15, 0.2) is 0 Å². The number of hydrogen-bond donors (Lipinski definition) is 1. The van der Waals surface area contributed by atoms with Gasteiger partial charge in [-0.05, 0) is 43.2 Å². The van der Waals surface area contributed by atoms with Crippen molar-refractivity contribution < 1.29 is 27.7 Å². The van der Waals surface area contributed by atoms with Crippen LogP contribution in [0.2, 0.25) is 10.0 Å². The second-order valence-electron chi connectivity index (χ2n) is 9.43. The SMILES string of the molecule is O=C(CC(=O)N1CCN(c2ccc(Cl)c(Cl)c2)CC1)N1CCC(Nc2ccc([N+](=O)[O-])c(C(F)(F)F)c2)CC1. The topological polar surface area (TPSA) is 99.0 Å². The predicted molar refractivity (Wildman–Crippen MR) is 141 cm³/mol. The summed E-state index contributed by atoms with van der Waals surface area (Å²) in [6.07, 6.45) is -4.19. The van der Waals surface area contributed by atoms with Crippen LogP contribution in [0.25, 0.3) is 0 Å². The van der Waals surface area contributed by atoms with Crippen LogP contribution in [0.5, 0.6) is 0 Å². The lowest BCUT2D eigenvalue weighted by molar-refractivity contribution is -0.388. The zero-order valence-electron chi connectivity index (χ0n) is 20.7. The maximum absolute atomic E-state index is 13.3. The van der Waals surface area contributed by atoms with E-state index in [-0.39, 0.29) is 30.0 Å². The molecule has 0 aliphatic carbocycles. The van der Waals surface area contributed by atoms with Crippen LogP contribution in [0.4, 0.5) is 30.2 Å². The summed E-state index contributed by atoms with van der Waals surface area (Å²) in [5, 5.41) is 14.9. The molecule has 2 fully saturated rings. The van der Waals surface area contributed by atoms with Gasteiger partial charge in [0, 0.05) is 62.8 Å². The van der Waals surface area contributed by atoms with Gasteiger partial charge in [0.25, 0.3) is 5.69 Å². The number of likely N-dealkylation sites (tertiary alicyclic amines) is 1. The Morgan fingerprint density at radius 2 is 1.54 bits per heavy atom. The number of hydrogen-bond acceptors (Lipinski definition) is 6. The van der Waals surface area contributed by atoms with Crippen LogP contribution < -0.4 is 10.2 Å². The molecule has 0 bridgehead atoms. The molecule has 0 unspecified atom stereocenters. The molecule has 0 radical (unpaired) electrons. The number of piperazine rings is 1. The number of alkyl halides is 3. The summed E-state index contributed by atoms with van der Waals surface area (Å²) in [6, 6.07) is 7.95. The molecule has 39 heavy (non-hydrogen) atoms. The van der Waals surface area contributed by atoms with Crippen molar-refractivity contribution in [3.63, 3.8) is 0 Å². The third-order valence-corrected chi connectivity index (χ3v) is 7.66. The summed E-state index contributed by atoms with van der Waals surface area (Å²) in [7, 11) is 0. The highest BCUT2D eigenvalue weighted by molar-refractivity contribution is 6.42. The van der Waals surface area contributed by atoms with E-state index in [1.807, 2.05) is 6.07 Å². The molecule has 9 nitrogen and oxygen atoms in total. The standard InChI is InChI=1S/C25H26Cl2F3N5O4/c26-20-3-2-18(14-21(20)27)32-9-11-34(12-10-32)24(37)15-23(36)33-7-5-16(6-8-33)31-17-1-4-22(35(38)39)19(13-17)25(28,29)30/h1-4,13-14,16,31H,5-12,15H2. The summed E-state index contributed by atoms with van der Waals surface area (Å²) in [5.74, 6) is -0.542. The molecule has 1 N–H and O–H groups in total. The van der Waals surface area contributed by atoms with Crippen LogP contribution in [0.1, 0.15) is 24.8 Å². The van der Waals surface area contributed by atoms with Gasteiger partial charge in [-0.1, -0.05) is 23.2 Å². The molecule has 2 aromatic rings. The Balaban J connectivity index is 1.24. The van der Waals surface area contributed by atoms with Crippen LogP contribution >= 0.6 is 23.2 Å².